The summed E-state index contributed by atoms with van der Waals surface area (Å²) in [5, 5.41) is 23.3. The van der Waals surface area contributed by atoms with E-state index in [0.29, 0.717) is 19.4 Å². The molecule has 0 aromatic heterocycles. The van der Waals surface area contributed by atoms with Crippen molar-refractivity contribution in [2.24, 2.45) is 0 Å². The summed E-state index contributed by atoms with van der Waals surface area (Å²) in [6.45, 7) is 4.96. The molecule has 0 rings (SSSR count). The van der Waals surface area contributed by atoms with E-state index in [2.05, 4.69) is 31.3 Å². The normalized spacial score (nSPS) is 12.5. The Bertz CT molecular complexity index is 1380. The molecule has 1 amide bonds. The largest absolute Gasteiger partial charge is 0.466 e. The van der Waals surface area contributed by atoms with Gasteiger partial charge in [0.2, 0.25) is 5.91 Å². The predicted molar refractivity (Wildman–Crippen MR) is 389 cm³/mol. The lowest BCUT2D eigenvalue weighted by molar-refractivity contribution is -0.143. The van der Waals surface area contributed by atoms with Gasteiger partial charge in [0, 0.05) is 12.8 Å². The number of amides is 1. The summed E-state index contributed by atoms with van der Waals surface area (Å²) in [4.78, 5) is 24.7. The summed E-state index contributed by atoms with van der Waals surface area (Å²) in [5.74, 6) is -0.0392. The molecule has 0 heterocycles. The number of carbonyl (C=O) groups excluding carboxylic acids is 2. The van der Waals surface area contributed by atoms with Gasteiger partial charge in [-0.2, -0.15) is 0 Å². The number of hydrogen-bond acceptors (Lipinski definition) is 5. The van der Waals surface area contributed by atoms with Crippen molar-refractivity contribution in [3.8, 4) is 0 Å². The molecule has 0 aromatic rings. The molecule has 0 fully saturated rings. The van der Waals surface area contributed by atoms with Crippen molar-refractivity contribution in [1.29, 1.82) is 0 Å². The average Bonchev–Trinajstić information content (AvgIpc) is 3.58. The van der Waals surface area contributed by atoms with Gasteiger partial charge in [-0.05, 0) is 57.8 Å². The quantitative estimate of drug-likeness (QED) is 0.0320. The van der Waals surface area contributed by atoms with Crippen LogP contribution in [0.5, 0.6) is 0 Å². The van der Waals surface area contributed by atoms with Gasteiger partial charge in [0.05, 0.1) is 25.4 Å². The second kappa shape index (κ2) is 77.8. The minimum atomic E-state index is -0.843. The van der Waals surface area contributed by atoms with E-state index in [1.807, 2.05) is 6.08 Å². The number of nitrogens with one attached hydrogen (secondary N) is 1. The van der Waals surface area contributed by atoms with Crippen LogP contribution in [-0.2, 0) is 14.3 Å². The van der Waals surface area contributed by atoms with Crippen LogP contribution < -0.4 is 5.32 Å². The first kappa shape index (κ1) is 86.3. The number of hydrogen-bond donors (Lipinski definition) is 3. The summed E-state index contributed by atoms with van der Waals surface area (Å²) in [6, 6.07) is -0.626. The minimum Gasteiger partial charge on any atom is -0.466 e. The standard InChI is InChI=1S/C82H159NO5/c1-3-5-7-9-11-13-15-17-19-21-23-24-32-35-39-42-46-50-54-58-62-66-70-74-80(85)79(78-84)83-81(86)75-71-67-63-59-55-51-47-43-40-36-33-30-28-26-25-27-29-31-34-37-41-45-49-53-57-61-65-69-73-77-88-82(87)76-72-68-64-60-56-52-48-44-38-22-20-18-16-14-12-10-8-6-4-2/h18,20,70,74,79-80,84-85H,3-17,19,21-69,71-73,75-78H2,1-2H3,(H,83,86)/b20-18-,74-70+. The molecule has 0 saturated heterocycles. The fraction of sp³-hybridized carbons (Fsp3) is 0.927. The Labute approximate surface area is 551 Å². The highest BCUT2D eigenvalue weighted by Gasteiger charge is 2.18. The smallest absolute Gasteiger partial charge is 0.305 e. The van der Waals surface area contributed by atoms with Crippen LogP contribution >= 0.6 is 0 Å². The van der Waals surface area contributed by atoms with Gasteiger partial charge in [-0.15, -0.1) is 0 Å². The van der Waals surface area contributed by atoms with Gasteiger partial charge in [-0.25, -0.2) is 0 Å². The number of esters is 1. The van der Waals surface area contributed by atoms with Crippen molar-refractivity contribution in [2.75, 3.05) is 13.2 Å². The first-order valence-electron chi connectivity index (χ1n) is 40.6. The Morgan fingerprint density at radius 1 is 0.307 bits per heavy atom. The molecule has 2 unspecified atom stereocenters. The van der Waals surface area contributed by atoms with Crippen LogP contribution in [0.2, 0.25) is 0 Å². The Kier molecular flexibility index (Phi) is 76.3. The molecule has 0 saturated carbocycles. The zero-order chi connectivity index (χ0) is 63.5. The molecule has 0 spiro atoms. The van der Waals surface area contributed by atoms with Crippen LogP contribution in [0.4, 0.5) is 0 Å². The van der Waals surface area contributed by atoms with Gasteiger partial charge < -0.3 is 20.3 Å². The van der Waals surface area contributed by atoms with Crippen molar-refractivity contribution in [2.45, 2.75) is 475 Å². The molecule has 0 aromatic carbocycles. The van der Waals surface area contributed by atoms with Crippen LogP contribution in [-0.4, -0.2) is 47.4 Å². The third-order valence-electron chi connectivity index (χ3n) is 19.2. The first-order valence-corrected chi connectivity index (χ1v) is 40.6. The molecule has 6 heteroatoms. The highest BCUT2D eigenvalue weighted by atomic mass is 16.5. The number of aliphatic hydroxyl groups is 2. The number of rotatable bonds is 77. The van der Waals surface area contributed by atoms with Gasteiger partial charge in [0.1, 0.15) is 0 Å². The number of ether oxygens (including phenoxy) is 1. The molecule has 2 atom stereocenters. The zero-order valence-electron chi connectivity index (χ0n) is 60.0. The lowest BCUT2D eigenvalue weighted by atomic mass is 10.0. The fourth-order valence-electron chi connectivity index (χ4n) is 13.0. The second-order valence-electron chi connectivity index (χ2n) is 28.1. The number of aliphatic hydroxyl groups excluding tert-OH is 2. The highest BCUT2D eigenvalue weighted by molar-refractivity contribution is 5.76. The van der Waals surface area contributed by atoms with Crippen LogP contribution in [0, 0.1) is 0 Å². The van der Waals surface area contributed by atoms with Crippen molar-refractivity contribution in [1.82, 2.24) is 5.32 Å². The Hall–Kier alpha value is -1.66. The van der Waals surface area contributed by atoms with E-state index >= 15 is 0 Å². The molecular weight excluding hydrogens is 1080 g/mol. The summed E-state index contributed by atoms with van der Waals surface area (Å²) < 4.78 is 5.52. The molecule has 0 aliphatic heterocycles. The van der Waals surface area contributed by atoms with Crippen LogP contribution in [0.25, 0.3) is 0 Å². The van der Waals surface area contributed by atoms with Gasteiger partial charge in [-0.3, -0.25) is 9.59 Å². The van der Waals surface area contributed by atoms with E-state index < -0.39 is 12.1 Å². The van der Waals surface area contributed by atoms with Crippen molar-refractivity contribution < 1.29 is 24.5 Å². The van der Waals surface area contributed by atoms with Crippen molar-refractivity contribution in [3.05, 3.63) is 24.3 Å². The van der Waals surface area contributed by atoms with Gasteiger partial charge in [0.25, 0.3) is 0 Å². The van der Waals surface area contributed by atoms with Crippen molar-refractivity contribution >= 4 is 11.9 Å². The maximum atomic E-state index is 12.6. The topological polar surface area (TPSA) is 95.9 Å². The molecule has 6 nitrogen and oxygen atoms in total. The van der Waals surface area contributed by atoms with E-state index in [1.54, 1.807) is 6.08 Å². The molecule has 0 radical (unpaired) electrons. The van der Waals surface area contributed by atoms with Gasteiger partial charge in [0.15, 0.2) is 0 Å². The Morgan fingerprint density at radius 3 is 0.807 bits per heavy atom. The Balaban J connectivity index is 3.35. The fourth-order valence-corrected chi connectivity index (χ4v) is 13.0. The third-order valence-corrected chi connectivity index (χ3v) is 19.2. The van der Waals surface area contributed by atoms with Gasteiger partial charge in [-0.1, -0.05) is 417 Å². The summed E-state index contributed by atoms with van der Waals surface area (Å²) in [7, 11) is 0. The molecule has 0 aliphatic carbocycles. The van der Waals surface area contributed by atoms with Crippen molar-refractivity contribution in [3.63, 3.8) is 0 Å². The van der Waals surface area contributed by atoms with E-state index in [0.717, 1.165) is 38.5 Å². The number of allylic oxidation sites excluding steroid dienone is 3. The summed E-state index contributed by atoms with van der Waals surface area (Å²) in [5.41, 5.74) is 0. The number of carbonyl (C=O) groups is 2. The highest BCUT2D eigenvalue weighted by Crippen LogP contribution is 2.20. The van der Waals surface area contributed by atoms with Crippen LogP contribution in [0.15, 0.2) is 24.3 Å². The monoisotopic (exact) mass is 1240 g/mol. The second-order valence-corrected chi connectivity index (χ2v) is 28.1. The lowest BCUT2D eigenvalue weighted by Crippen LogP contribution is -2.45. The van der Waals surface area contributed by atoms with E-state index in [1.165, 1.54) is 398 Å². The lowest BCUT2D eigenvalue weighted by Gasteiger charge is -2.20. The summed E-state index contributed by atoms with van der Waals surface area (Å²) in [6.07, 6.45) is 100. The number of unbranched alkanes of at least 4 members (excludes halogenated alkanes) is 64. The predicted octanol–water partition coefficient (Wildman–Crippen LogP) is 26.8. The van der Waals surface area contributed by atoms with Crippen LogP contribution in [0.1, 0.15) is 463 Å². The van der Waals surface area contributed by atoms with Gasteiger partial charge >= 0.3 is 5.97 Å². The third kappa shape index (κ3) is 73.4. The minimum absolute atomic E-state index is 0.0199. The molecule has 3 N–H and O–H groups in total. The average molecular weight is 1240 g/mol. The molecule has 522 valence electrons. The van der Waals surface area contributed by atoms with Crippen LogP contribution in [0.3, 0.4) is 0 Å². The maximum Gasteiger partial charge on any atom is 0.305 e. The van der Waals surface area contributed by atoms with E-state index in [-0.39, 0.29) is 18.5 Å². The van der Waals surface area contributed by atoms with E-state index in [4.69, 9.17) is 4.74 Å². The molecule has 88 heavy (non-hydrogen) atoms. The molecular formula is C82H159NO5. The summed E-state index contributed by atoms with van der Waals surface area (Å²) >= 11 is 0. The van der Waals surface area contributed by atoms with E-state index in [9.17, 15) is 19.8 Å². The first-order chi connectivity index (χ1) is 43.5. The SMILES string of the molecule is CCCCCCCC/C=C\CCCCCCCCCCCC(=O)OCCCCCCCCCCCCCCCCCCCCCCCCCCCCCCCC(=O)NC(CO)C(O)/C=C/CCCCCCCCCCCCCCCCCCCCCCC. The maximum absolute atomic E-state index is 12.6. The molecule has 0 aliphatic rings. The zero-order valence-corrected chi connectivity index (χ0v) is 60.0. The molecule has 0 bridgehead atoms. The Morgan fingerprint density at radius 2 is 0.534 bits per heavy atom.